The van der Waals surface area contributed by atoms with Gasteiger partial charge in [-0.2, -0.15) is 0 Å². The third-order valence-corrected chi connectivity index (χ3v) is 6.57. The zero-order valence-corrected chi connectivity index (χ0v) is 21.3. The molecular formula is C25H41N5O4. The molecule has 9 heteroatoms. The van der Waals surface area contributed by atoms with Crippen LogP contribution in [0.15, 0.2) is 12.1 Å². The molecule has 1 saturated heterocycles. The lowest BCUT2D eigenvalue weighted by atomic mass is 9.93. The lowest BCUT2D eigenvalue weighted by Gasteiger charge is -2.41. The fraction of sp³-hybridized carbons (Fsp3) is 0.680. The zero-order chi connectivity index (χ0) is 24.9. The highest BCUT2D eigenvalue weighted by atomic mass is 16.6. The van der Waals surface area contributed by atoms with Crippen molar-refractivity contribution in [1.82, 2.24) is 15.1 Å². The molecular weight excluding hydrogens is 434 g/mol. The van der Waals surface area contributed by atoms with E-state index in [1.165, 1.54) is 0 Å². The molecule has 0 unspecified atom stereocenters. The van der Waals surface area contributed by atoms with Gasteiger partial charge >= 0.3 is 6.09 Å². The van der Waals surface area contributed by atoms with E-state index in [4.69, 9.17) is 4.74 Å². The second kappa shape index (κ2) is 11.3. The van der Waals surface area contributed by atoms with Gasteiger partial charge in [0.25, 0.3) is 5.91 Å². The second-order valence-electron chi connectivity index (χ2n) is 10.3. The third-order valence-electron chi connectivity index (χ3n) is 6.57. The fourth-order valence-electron chi connectivity index (χ4n) is 4.95. The van der Waals surface area contributed by atoms with E-state index in [2.05, 4.69) is 27.5 Å². The van der Waals surface area contributed by atoms with Crippen molar-refractivity contribution in [3.05, 3.63) is 23.3 Å². The first-order chi connectivity index (χ1) is 16.1. The van der Waals surface area contributed by atoms with E-state index in [9.17, 15) is 14.8 Å². The average molecular weight is 476 g/mol. The fourth-order valence-corrected chi connectivity index (χ4v) is 4.95. The topological polar surface area (TPSA) is 97.4 Å². The molecule has 3 N–H and O–H groups in total. The van der Waals surface area contributed by atoms with Gasteiger partial charge in [0.1, 0.15) is 5.60 Å². The molecule has 2 heterocycles. The normalized spacial score (nSPS) is 17.1. The first-order valence-corrected chi connectivity index (χ1v) is 12.4. The van der Waals surface area contributed by atoms with Gasteiger partial charge in [0.2, 0.25) is 0 Å². The van der Waals surface area contributed by atoms with Crippen LogP contribution < -0.4 is 15.7 Å². The van der Waals surface area contributed by atoms with E-state index in [1.807, 2.05) is 26.8 Å². The molecule has 1 fully saturated rings. The summed E-state index contributed by atoms with van der Waals surface area (Å²) in [7, 11) is 1.80. The molecule has 0 aliphatic carbocycles. The molecule has 2 aliphatic rings. The Balaban J connectivity index is 1.61. The highest BCUT2D eigenvalue weighted by Crippen LogP contribution is 2.35. The highest BCUT2D eigenvalue weighted by molar-refractivity contribution is 6.03. The maximum absolute atomic E-state index is 12.8. The van der Waals surface area contributed by atoms with Crippen LogP contribution in [0.2, 0.25) is 0 Å². The van der Waals surface area contributed by atoms with Crippen LogP contribution in [0.3, 0.4) is 0 Å². The summed E-state index contributed by atoms with van der Waals surface area (Å²) in [5.41, 5.74) is 4.88. The largest absolute Gasteiger partial charge is 0.444 e. The van der Waals surface area contributed by atoms with Crippen molar-refractivity contribution in [2.45, 2.75) is 65.0 Å². The Bertz CT molecular complexity index is 862. The minimum Gasteiger partial charge on any atom is -0.444 e. The van der Waals surface area contributed by atoms with E-state index >= 15 is 0 Å². The van der Waals surface area contributed by atoms with Crippen LogP contribution in [0.25, 0.3) is 0 Å². The molecule has 2 aliphatic heterocycles. The predicted octanol–water partition coefficient (Wildman–Crippen LogP) is 3.32. The molecule has 3 rings (SSSR count). The quantitative estimate of drug-likeness (QED) is 0.496. The summed E-state index contributed by atoms with van der Waals surface area (Å²) in [5.74, 6) is -0.0545. The number of ether oxygens (including phenoxy) is 1. The average Bonchev–Trinajstić information content (AvgIpc) is 2.79. The molecule has 2 amide bonds. The van der Waals surface area contributed by atoms with Gasteiger partial charge in [-0.1, -0.05) is 6.92 Å². The molecule has 0 bridgehead atoms. The molecule has 34 heavy (non-hydrogen) atoms. The van der Waals surface area contributed by atoms with E-state index in [1.54, 1.807) is 18.0 Å². The van der Waals surface area contributed by atoms with Crippen LogP contribution >= 0.6 is 0 Å². The Hall–Kier alpha value is -2.52. The van der Waals surface area contributed by atoms with Crippen LogP contribution in [0.4, 0.5) is 16.2 Å². The van der Waals surface area contributed by atoms with Crippen LogP contribution in [-0.2, 0) is 11.2 Å². The molecule has 0 saturated carbocycles. The van der Waals surface area contributed by atoms with E-state index < -0.39 is 5.60 Å². The van der Waals surface area contributed by atoms with Crippen molar-refractivity contribution in [2.75, 3.05) is 56.7 Å². The van der Waals surface area contributed by atoms with Crippen molar-refractivity contribution in [1.29, 1.82) is 0 Å². The van der Waals surface area contributed by atoms with E-state index in [0.29, 0.717) is 30.4 Å². The van der Waals surface area contributed by atoms with E-state index in [0.717, 1.165) is 63.1 Å². The number of amides is 2. The molecule has 0 aromatic heterocycles. The van der Waals surface area contributed by atoms with Crippen LogP contribution in [0.1, 0.15) is 62.9 Å². The van der Waals surface area contributed by atoms with Gasteiger partial charge in [-0.15, -0.1) is 0 Å². The number of alkyl carbamates (subject to hydrolysis) is 1. The molecule has 9 nitrogen and oxygen atoms in total. The zero-order valence-electron chi connectivity index (χ0n) is 21.3. The predicted molar refractivity (Wildman–Crippen MR) is 134 cm³/mol. The van der Waals surface area contributed by atoms with Crippen molar-refractivity contribution < 1.29 is 19.5 Å². The monoisotopic (exact) mass is 475 g/mol. The number of hydrogen-bond acceptors (Lipinski definition) is 7. The van der Waals surface area contributed by atoms with Crippen LogP contribution in [0.5, 0.6) is 0 Å². The number of carbonyl (C=O) groups is 2. The number of rotatable bonds is 8. The van der Waals surface area contributed by atoms with Crippen molar-refractivity contribution in [2.24, 2.45) is 0 Å². The standard InChI is InChI=1S/C25H41N5O4/c1-6-13-29(17-12-26-24(32)34-25(2,3)4)18-9-15-30(16-10-18)21-8-7-20(27-33)22-19(21)11-14-28(5)23(22)31/h7-8,18,27,33H,6,9-17H2,1-5H3,(H,26,32). The molecule has 1 aromatic carbocycles. The number of nitrogens with one attached hydrogen (secondary N) is 2. The van der Waals surface area contributed by atoms with Gasteiger partial charge in [0.05, 0.1) is 11.3 Å². The van der Waals surface area contributed by atoms with Crippen molar-refractivity contribution >= 4 is 23.4 Å². The first-order valence-electron chi connectivity index (χ1n) is 12.4. The van der Waals surface area contributed by atoms with Crippen LogP contribution in [-0.4, -0.2) is 85.0 Å². The highest BCUT2D eigenvalue weighted by Gasteiger charge is 2.31. The van der Waals surface area contributed by atoms with Gasteiger partial charge in [-0.05, 0) is 70.7 Å². The first kappa shape index (κ1) is 26.1. The lowest BCUT2D eigenvalue weighted by Crippen LogP contribution is -2.48. The minimum atomic E-state index is -0.495. The van der Waals surface area contributed by atoms with E-state index in [-0.39, 0.29) is 12.0 Å². The smallest absolute Gasteiger partial charge is 0.407 e. The maximum atomic E-state index is 12.8. The summed E-state index contributed by atoms with van der Waals surface area (Å²) >= 11 is 0. The van der Waals surface area contributed by atoms with Gasteiger partial charge in [0, 0.05) is 51.5 Å². The van der Waals surface area contributed by atoms with Crippen LogP contribution in [0, 0.1) is 0 Å². The second-order valence-corrected chi connectivity index (χ2v) is 10.3. The number of hydrogen-bond donors (Lipinski definition) is 3. The number of fused-ring (bicyclic) bond motifs is 1. The SMILES string of the molecule is CCCN(CCNC(=O)OC(C)(C)C)C1CCN(c2ccc(NO)c3c2CCN(C)C3=O)CC1. The molecule has 0 radical (unpaired) electrons. The summed E-state index contributed by atoms with van der Waals surface area (Å²) in [6, 6.07) is 4.27. The number of carbonyl (C=O) groups excluding carboxylic acids is 2. The third kappa shape index (κ3) is 6.33. The lowest BCUT2D eigenvalue weighted by molar-refractivity contribution is 0.0516. The molecule has 0 spiro atoms. The molecule has 190 valence electrons. The summed E-state index contributed by atoms with van der Waals surface area (Å²) < 4.78 is 5.34. The Morgan fingerprint density at radius 3 is 2.53 bits per heavy atom. The minimum absolute atomic E-state index is 0.0545. The summed E-state index contributed by atoms with van der Waals surface area (Å²) in [4.78, 5) is 31.3. The maximum Gasteiger partial charge on any atom is 0.407 e. The molecule has 1 aromatic rings. The molecule has 0 atom stereocenters. The van der Waals surface area contributed by atoms with Crippen molar-refractivity contribution in [3.63, 3.8) is 0 Å². The Morgan fingerprint density at radius 2 is 1.91 bits per heavy atom. The summed E-state index contributed by atoms with van der Waals surface area (Å²) in [5, 5.41) is 12.4. The Morgan fingerprint density at radius 1 is 1.21 bits per heavy atom. The Kier molecular flexibility index (Phi) is 8.65. The number of piperidine rings is 1. The number of anilines is 2. The summed E-state index contributed by atoms with van der Waals surface area (Å²) in [6.07, 6.45) is 3.51. The number of likely N-dealkylation sites (N-methyl/N-ethyl adjacent to an activating group) is 1. The van der Waals surface area contributed by atoms with Gasteiger partial charge in [-0.25, -0.2) is 4.79 Å². The Labute approximate surface area is 203 Å². The van der Waals surface area contributed by atoms with Gasteiger partial charge < -0.3 is 19.9 Å². The van der Waals surface area contributed by atoms with Crippen molar-refractivity contribution in [3.8, 4) is 0 Å². The summed E-state index contributed by atoms with van der Waals surface area (Å²) in [6.45, 7) is 12.6. The number of nitrogens with zero attached hydrogens (tertiary/aromatic N) is 3. The van der Waals surface area contributed by atoms with Gasteiger partial charge in [-0.3, -0.25) is 20.4 Å². The van der Waals surface area contributed by atoms with Gasteiger partial charge in [0.15, 0.2) is 0 Å². The number of benzene rings is 1.